The maximum absolute atomic E-state index is 14.2. The number of hydrogen-bond donors (Lipinski definition) is 2. The van der Waals surface area contributed by atoms with Crippen LogP contribution in [0.5, 0.6) is 0 Å². The van der Waals surface area contributed by atoms with Crippen LogP contribution in [0, 0.1) is 11.6 Å². The molecule has 0 aliphatic heterocycles. The lowest BCUT2D eigenvalue weighted by Crippen LogP contribution is -2.21. The van der Waals surface area contributed by atoms with Crippen molar-refractivity contribution in [2.45, 2.75) is 12.6 Å². The van der Waals surface area contributed by atoms with Crippen molar-refractivity contribution in [1.29, 1.82) is 0 Å². The first kappa shape index (κ1) is 20.3. The lowest BCUT2D eigenvalue weighted by molar-refractivity contribution is -0.114. The van der Waals surface area contributed by atoms with E-state index in [0.29, 0.717) is 23.2 Å². The molecule has 0 saturated carbocycles. The summed E-state index contributed by atoms with van der Waals surface area (Å²) in [7, 11) is 0. The maximum Gasteiger partial charge on any atom is 0.183 e. The second-order valence-electron chi connectivity index (χ2n) is 6.52. The molecule has 0 saturated heterocycles. The summed E-state index contributed by atoms with van der Waals surface area (Å²) in [6.45, 7) is -0.116. The van der Waals surface area contributed by atoms with Gasteiger partial charge in [0.05, 0.1) is 18.4 Å². The Balaban J connectivity index is 1.71. The fourth-order valence-electron chi connectivity index (χ4n) is 2.85. The number of rotatable bonds is 8. The van der Waals surface area contributed by atoms with Gasteiger partial charge in [-0.25, -0.2) is 18.7 Å². The quantitative estimate of drug-likeness (QED) is 0.412. The first-order valence-corrected chi connectivity index (χ1v) is 9.17. The maximum atomic E-state index is 14.2. The molecule has 0 aliphatic rings. The fraction of sp³-hybridized carbons (Fsp3) is 0.150. The lowest BCUT2D eigenvalue weighted by atomic mass is 10.2. The molecule has 9 nitrogen and oxygen atoms in total. The van der Waals surface area contributed by atoms with E-state index in [9.17, 15) is 18.7 Å². The Morgan fingerprint density at radius 1 is 1.19 bits per heavy atom. The molecule has 11 heteroatoms. The third-order valence-corrected chi connectivity index (χ3v) is 4.37. The second-order valence-corrected chi connectivity index (χ2v) is 6.52. The van der Waals surface area contributed by atoms with Gasteiger partial charge in [-0.1, -0.05) is 23.4 Å². The highest BCUT2D eigenvalue weighted by Crippen LogP contribution is 2.25. The normalized spacial score (nSPS) is 12.0. The number of nitrogens with zero attached hydrogens (tertiary/aromatic N) is 5. The van der Waals surface area contributed by atoms with Gasteiger partial charge >= 0.3 is 0 Å². The predicted octanol–water partition coefficient (Wildman–Crippen LogP) is 2.29. The highest BCUT2D eigenvalue weighted by molar-refractivity contribution is 5.63. The largest absolute Gasteiger partial charge is 0.384 e. The van der Waals surface area contributed by atoms with Crippen molar-refractivity contribution in [2.24, 2.45) is 0 Å². The topological polar surface area (TPSA) is 119 Å². The Morgan fingerprint density at radius 2 is 2.03 bits per heavy atom. The van der Waals surface area contributed by atoms with Gasteiger partial charge in [0.2, 0.25) is 0 Å². The van der Waals surface area contributed by atoms with E-state index in [1.54, 1.807) is 30.3 Å². The third kappa shape index (κ3) is 4.46. The molecule has 0 fully saturated rings. The first-order valence-electron chi connectivity index (χ1n) is 9.17. The molecule has 0 aliphatic carbocycles. The van der Waals surface area contributed by atoms with E-state index in [1.807, 2.05) is 0 Å². The van der Waals surface area contributed by atoms with E-state index < -0.39 is 11.9 Å². The number of aliphatic hydroxyl groups excluding tert-OH is 1. The van der Waals surface area contributed by atoms with Crippen molar-refractivity contribution >= 4 is 12.1 Å². The van der Waals surface area contributed by atoms with Crippen molar-refractivity contribution in [1.82, 2.24) is 24.9 Å². The van der Waals surface area contributed by atoms with Crippen molar-refractivity contribution in [2.75, 3.05) is 11.9 Å². The van der Waals surface area contributed by atoms with Crippen LogP contribution in [0.3, 0.4) is 0 Å². The summed E-state index contributed by atoms with van der Waals surface area (Å²) in [6, 6.07) is 9.54. The number of nitrogens with one attached hydrogen (secondary N) is 1. The van der Waals surface area contributed by atoms with Crippen LogP contribution in [0.1, 0.15) is 5.56 Å². The van der Waals surface area contributed by atoms with Crippen molar-refractivity contribution < 1.29 is 23.2 Å². The van der Waals surface area contributed by atoms with Gasteiger partial charge in [0.15, 0.2) is 17.5 Å². The standard InChI is InChI=1S/C20H16F2N6O3/c21-14-4-2-1-3-12(14)10-28-18(16-5-6-31-27-16)7-17(26-28)20-24-9-15(22)19(25-20)23-8-13(30)11-29/h1-7,9,11,13,30H,8,10H2,(H,23,24,25). The summed E-state index contributed by atoms with van der Waals surface area (Å²) in [6.07, 6.45) is 1.35. The number of benzene rings is 1. The van der Waals surface area contributed by atoms with E-state index in [-0.39, 0.29) is 36.2 Å². The number of aldehydes is 1. The summed E-state index contributed by atoms with van der Waals surface area (Å²) in [4.78, 5) is 18.6. The fourth-order valence-corrected chi connectivity index (χ4v) is 2.85. The number of aliphatic hydroxyl groups is 1. The molecule has 1 aromatic carbocycles. The SMILES string of the molecule is O=CC(O)CNc1nc(-c2cc(-c3ccon3)n(Cc3ccccc3F)n2)ncc1F. The Kier molecular flexibility index (Phi) is 5.76. The number of carbonyl (C=O) groups excluding carboxylic acids is 1. The van der Waals surface area contributed by atoms with Crippen LogP contribution in [0.15, 0.2) is 53.4 Å². The molecule has 0 radical (unpaired) electrons. The molecule has 3 heterocycles. The second kappa shape index (κ2) is 8.79. The van der Waals surface area contributed by atoms with Crippen molar-refractivity contribution in [3.63, 3.8) is 0 Å². The molecule has 158 valence electrons. The van der Waals surface area contributed by atoms with Gasteiger partial charge in [0.1, 0.15) is 35.9 Å². The zero-order valence-corrected chi connectivity index (χ0v) is 15.9. The monoisotopic (exact) mass is 426 g/mol. The van der Waals surface area contributed by atoms with E-state index in [2.05, 4.69) is 25.5 Å². The lowest BCUT2D eigenvalue weighted by Gasteiger charge is -2.08. The molecule has 1 unspecified atom stereocenters. The summed E-state index contributed by atoms with van der Waals surface area (Å²) in [5.41, 5.74) is 1.68. The number of anilines is 1. The van der Waals surface area contributed by atoms with Crippen molar-refractivity contribution in [3.05, 3.63) is 66.1 Å². The van der Waals surface area contributed by atoms with Crippen LogP contribution in [0.25, 0.3) is 22.9 Å². The smallest absolute Gasteiger partial charge is 0.183 e. The molecule has 0 bridgehead atoms. The van der Waals surface area contributed by atoms with E-state index in [1.165, 1.54) is 17.0 Å². The summed E-state index contributed by atoms with van der Waals surface area (Å²) in [5, 5.41) is 20.2. The van der Waals surface area contributed by atoms with E-state index >= 15 is 0 Å². The molecule has 4 aromatic rings. The molecular weight excluding hydrogens is 410 g/mol. The van der Waals surface area contributed by atoms with Crippen LogP contribution >= 0.6 is 0 Å². The summed E-state index contributed by atoms with van der Waals surface area (Å²) >= 11 is 0. The molecule has 31 heavy (non-hydrogen) atoms. The van der Waals surface area contributed by atoms with E-state index in [4.69, 9.17) is 4.52 Å². The van der Waals surface area contributed by atoms with Gasteiger partial charge < -0.3 is 19.7 Å². The molecule has 0 amide bonds. The van der Waals surface area contributed by atoms with Crippen molar-refractivity contribution in [3.8, 4) is 22.9 Å². The first-order chi connectivity index (χ1) is 15.0. The van der Waals surface area contributed by atoms with E-state index in [0.717, 1.165) is 6.20 Å². The zero-order valence-electron chi connectivity index (χ0n) is 15.9. The van der Waals surface area contributed by atoms with Gasteiger partial charge in [-0.05, 0) is 12.1 Å². The molecular formula is C20H16F2N6O3. The number of hydrogen-bond acceptors (Lipinski definition) is 8. The Hall–Kier alpha value is -3.99. The summed E-state index contributed by atoms with van der Waals surface area (Å²) < 4.78 is 34.6. The minimum Gasteiger partial charge on any atom is -0.384 e. The minimum absolute atomic E-state index is 0.0847. The van der Waals surface area contributed by atoms with Crippen LogP contribution in [0.2, 0.25) is 0 Å². The number of halogens is 2. The minimum atomic E-state index is -1.31. The highest BCUT2D eigenvalue weighted by atomic mass is 19.1. The Bertz CT molecular complexity index is 1200. The van der Waals surface area contributed by atoms with Crippen LogP contribution in [-0.4, -0.2) is 48.9 Å². The molecule has 1 atom stereocenters. The summed E-state index contributed by atoms with van der Waals surface area (Å²) in [5.74, 6) is -1.26. The molecule has 0 spiro atoms. The average molecular weight is 426 g/mol. The van der Waals surface area contributed by atoms with Gasteiger partial charge in [0.25, 0.3) is 0 Å². The molecule has 2 N–H and O–H groups in total. The molecule has 3 aromatic heterocycles. The van der Waals surface area contributed by atoms with Gasteiger partial charge in [-0.15, -0.1) is 0 Å². The van der Waals surface area contributed by atoms with Gasteiger partial charge in [0, 0.05) is 18.2 Å². The van der Waals surface area contributed by atoms with Crippen LogP contribution in [0.4, 0.5) is 14.6 Å². The Morgan fingerprint density at radius 3 is 2.77 bits per heavy atom. The highest BCUT2D eigenvalue weighted by Gasteiger charge is 2.18. The number of aromatic nitrogens is 5. The zero-order chi connectivity index (χ0) is 21.8. The van der Waals surface area contributed by atoms with Gasteiger partial charge in [-0.2, -0.15) is 5.10 Å². The van der Waals surface area contributed by atoms with Crippen LogP contribution in [-0.2, 0) is 11.3 Å². The number of carbonyl (C=O) groups is 1. The third-order valence-electron chi connectivity index (χ3n) is 4.37. The average Bonchev–Trinajstić information content (AvgIpc) is 3.44. The molecule has 4 rings (SSSR count). The van der Waals surface area contributed by atoms with Gasteiger partial charge in [-0.3, -0.25) is 4.68 Å². The Labute approximate surface area is 174 Å². The predicted molar refractivity (Wildman–Crippen MR) is 105 cm³/mol. The van der Waals surface area contributed by atoms with Crippen LogP contribution < -0.4 is 5.32 Å².